The van der Waals surface area contributed by atoms with Crippen LogP contribution >= 0.6 is 0 Å². The lowest BCUT2D eigenvalue weighted by Gasteiger charge is -2.02. The highest BCUT2D eigenvalue weighted by atomic mass is 19.1. The van der Waals surface area contributed by atoms with Crippen LogP contribution in [-0.2, 0) is 4.74 Å². The van der Waals surface area contributed by atoms with Gasteiger partial charge in [-0.2, -0.15) is 0 Å². The summed E-state index contributed by atoms with van der Waals surface area (Å²) in [5.74, 6) is -1.19. The molecule has 0 bridgehead atoms. The molecule has 0 aromatic carbocycles. The van der Waals surface area contributed by atoms with Gasteiger partial charge in [0.25, 0.3) is 0 Å². The first-order valence-electron chi connectivity index (χ1n) is 4.66. The number of hydrogen-bond acceptors (Lipinski definition) is 2. The summed E-state index contributed by atoms with van der Waals surface area (Å²) in [5.41, 5.74) is 0.588. The Kier molecular flexibility index (Phi) is 2.41. The van der Waals surface area contributed by atoms with Gasteiger partial charge in [0.1, 0.15) is 0 Å². The van der Waals surface area contributed by atoms with Crippen LogP contribution in [0.5, 0.6) is 0 Å². The maximum absolute atomic E-state index is 13.5. The molecular weight excluding hydrogens is 197 g/mol. The van der Waals surface area contributed by atoms with E-state index in [0.717, 1.165) is 0 Å². The highest BCUT2D eigenvalue weighted by Crippen LogP contribution is 2.15. The minimum atomic E-state index is -0.638. The van der Waals surface area contributed by atoms with E-state index in [1.807, 2.05) is 0 Å². The number of nitrogens with zero attached hydrogens (tertiary/aromatic N) is 1. The molecule has 0 saturated heterocycles. The predicted octanol–water partition coefficient (Wildman–Crippen LogP) is 2.26. The van der Waals surface area contributed by atoms with Crippen molar-refractivity contribution < 1.29 is 13.9 Å². The zero-order valence-electron chi connectivity index (χ0n) is 8.24. The molecule has 2 aromatic rings. The van der Waals surface area contributed by atoms with Gasteiger partial charge < -0.3 is 9.14 Å². The number of ether oxygens (including phenoxy) is 1. The molecule has 0 amide bonds. The van der Waals surface area contributed by atoms with Gasteiger partial charge in [-0.1, -0.05) is 6.07 Å². The predicted molar refractivity (Wildman–Crippen MR) is 53.3 cm³/mol. The average Bonchev–Trinajstić information content (AvgIpc) is 2.54. The van der Waals surface area contributed by atoms with Crippen LogP contribution in [0.1, 0.15) is 17.4 Å². The van der Waals surface area contributed by atoms with Crippen LogP contribution in [0.25, 0.3) is 5.52 Å². The van der Waals surface area contributed by atoms with Gasteiger partial charge in [-0.15, -0.1) is 0 Å². The van der Waals surface area contributed by atoms with Crippen molar-refractivity contribution in [3.8, 4) is 0 Å². The average molecular weight is 207 g/mol. The minimum absolute atomic E-state index is 0.0487. The Morgan fingerprint density at radius 3 is 3.07 bits per heavy atom. The summed E-state index contributed by atoms with van der Waals surface area (Å²) in [6, 6.07) is 6.55. The van der Waals surface area contributed by atoms with Crippen LogP contribution in [0.4, 0.5) is 4.39 Å². The van der Waals surface area contributed by atoms with Crippen molar-refractivity contribution in [2.45, 2.75) is 6.92 Å². The zero-order chi connectivity index (χ0) is 10.8. The molecule has 0 saturated carbocycles. The molecule has 15 heavy (non-hydrogen) atoms. The fraction of sp³-hybridized carbons (Fsp3) is 0.182. The van der Waals surface area contributed by atoms with Gasteiger partial charge in [0.2, 0.25) is 0 Å². The number of fused-ring (bicyclic) bond motifs is 1. The molecule has 0 unspecified atom stereocenters. The van der Waals surface area contributed by atoms with Crippen LogP contribution in [0.3, 0.4) is 0 Å². The maximum atomic E-state index is 13.5. The third-order valence-corrected chi connectivity index (χ3v) is 2.10. The number of hydrogen-bond donors (Lipinski definition) is 0. The Labute approximate surface area is 86.1 Å². The lowest BCUT2D eigenvalue weighted by atomic mass is 10.4. The van der Waals surface area contributed by atoms with E-state index in [2.05, 4.69) is 0 Å². The summed E-state index contributed by atoms with van der Waals surface area (Å²) >= 11 is 0. The molecule has 0 aliphatic carbocycles. The van der Waals surface area contributed by atoms with E-state index in [9.17, 15) is 9.18 Å². The van der Waals surface area contributed by atoms with E-state index < -0.39 is 11.8 Å². The summed E-state index contributed by atoms with van der Waals surface area (Å²) in [6.45, 7) is 1.92. The van der Waals surface area contributed by atoms with Gasteiger partial charge in [-0.05, 0) is 19.1 Å². The van der Waals surface area contributed by atoms with Crippen LogP contribution in [0.2, 0.25) is 0 Å². The lowest BCUT2D eigenvalue weighted by Crippen LogP contribution is -2.09. The van der Waals surface area contributed by atoms with Crippen molar-refractivity contribution in [3.63, 3.8) is 0 Å². The number of rotatable bonds is 2. The van der Waals surface area contributed by atoms with E-state index in [4.69, 9.17) is 4.74 Å². The fourth-order valence-electron chi connectivity index (χ4n) is 1.49. The first-order chi connectivity index (χ1) is 7.24. The van der Waals surface area contributed by atoms with Crippen molar-refractivity contribution in [2.24, 2.45) is 0 Å². The van der Waals surface area contributed by atoms with Crippen LogP contribution in [0.15, 0.2) is 30.5 Å². The van der Waals surface area contributed by atoms with Crippen LogP contribution < -0.4 is 0 Å². The third kappa shape index (κ3) is 1.58. The second kappa shape index (κ2) is 3.73. The Morgan fingerprint density at radius 2 is 2.33 bits per heavy atom. The molecule has 0 spiro atoms. The number of esters is 1. The van der Waals surface area contributed by atoms with E-state index >= 15 is 0 Å². The first kappa shape index (κ1) is 9.71. The van der Waals surface area contributed by atoms with Crippen molar-refractivity contribution in [3.05, 3.63) is 42.0 Å². The Bertz CT molecular complexity index is 504. The van der Waals surface area contributed by atoms with Gasteiger partial charge in [-0.25, -0.2) is 9.18 Å². The molecule has 0 aliphatic heterocycles. The van der Waals surface area contributed by atoms with E-state index in [1.165, 1.54) is 10.5 Å². The van der Waals surface area contributed by atoms with Crippen molar-refractivity contribution >= 4 is 11.5 Å². The fourth-order valence-corrected chi connectivity index (χ4v) is 1.49. The first-order valence-corrected chi connectivity index (χ1v) is 4.66. The molecule has 4 heteroatoms. The molecule has 0 aliphatic rings. The third-order valence-electron chi connectivity index (χ3n) is 2.10. The van der Waals surface area contributed by atoms with Gasteiger partial charge >= 0.3 is 5.97 Å². The highest BCUT2D eigenvalue weighted by Gasteiger charge is 2.18. The van der Waals surface area contributed by atoms with E-state index in [0.29, 0.717) is 5.52 Å². The second-order valence-corrected chi connectivity index (χ2v) is 3.06. The standard InChI is InChI=1S/C11H10FNO2/c1-2-15-11(14)10-9(12)7-8-5-3-4-6-13(8)10/h3-7H,2H2,1H3. The molecule has 0 fully saturated rings. The molecule has 2 aromatic heterocycles. The number of aromatic nitrogens is 1. The van der Waals surface area contributed by atoms with E-state index in [-0.39, 0.29) is 12.3 Å². The Balaban J connectivity index is 2.58. The summed E-state index contributed by atoms with van der Waals surface area (Å²) in [7, 11) is 0. The zero-order valence-corrected chi connectivity index (χ0v) is 8.24. The normalized spacial score (nSPS) is 10.5. The van der Waals surface area contributed by atoms with Crippen molar-refractivity contribution in [2.75, 3.05) is 6.61 Å². The molecule has 0 atom stereocenters. The molecule has 78 valence electrons. The smallest absolute Gasteiger partial charge is 0.358 e. The molecule has 0 N–H and O–H groups in total. The van der Waals surface area contributed by atoms with Crippen molar-refractivity contribution in [1.29, 1.82) is 0 Å². The largest absolute Gasteiger partial charge is 0.461 e. The Morgan fingerprint density at radius 1 is 1.53 bits per heavy atom. The summed E-state index contributed by atoms with van der Waals surface area (Å²) in [6.07, 6.45) is 1.63. The topological polar surface area (TPSA) is 30.7 Å². The lowest BCUT2D eigenvalue weighted by molar-refractivity contribution is 0.0513. The monoisotopic (exact) mass is 207 g/mol. The Hall–Kier alpha value is -1.84. The van der Waals surface area contributed by atoms with Crippen molar-refractivity contribution in [1.82, 2.24) is 4.40 Å². The molecule has 0 radical (unpaired) electrons. The molecule has 3 nitrogen and oxygen atoms in total. The van der Waals surface area contributed by atoms with Gasteiger partial charge in [0.05, 0.1) is 6.61 Å². The summed E-state index contributed by atoms with van der Waals surface area (Å²) in [4.78, 5) is 11.5. The number of carbonyl (C=O) groups is 1. The maximum Gasteiger partial charge on any atom is 0.358 e. The highest BCUT2D eigenvalue weighted by molar-refractivity contribution is 5.89. The number of carbonyl (C=O) groups excluding carboxylic acids is 1. The summed E-state index contributed by atoms with van der Waals surface area (Å²) < 4.78 is 19.7. The minimum Gasteiger partial charge on any atom is -0.461 e. The van der Waals surface area contributed by atoms with E-state index in [1.54, 1.807) is 31.3 Å². The SMILES string of the molecule is CCOC(=O)c1c(F)cc2ccccn12. The molecular formula is C11H10FNO2. The summed E-state index contributed by atoms with van der Waals surface area (Å²) in [5, 5.41) is 0. The quantitative estimate of drug-likeness (QED) is 0.707. The van der Waals surface area contributed by atoms with Crippen LogP contribution in [0, 0.1) is 5.82 Å². The molecule has 2 heterocycles. The molecule has 2 rings (SSSR count). The van der Waals surface area contributed by atoms with Gasteiger partial charge in [-0.3, -0.25) is 0 Å². The number of pyridine rings is 1. The van der Waals surface area contributed by atoms with Gasteiger partial charge in [0, 0.05) is 17.8 Å². The van der Waals surface area contributed by atoms with Gasteiger partial charge in [0.15, 0.2) is 11.5 Å². The number of halogens is 1. The van der Waals surface area contributed by atoms with Crippen LogP contribution in [-0.4, -0.2) is 17.0 Å². The second-order valence-electron chi connectivity index (χ2n) is 3.06.